The fraction of sp³-hybridized carbons (Fsp3) is 0.500. The lowest BCUT2D eigenvalue weighted by molar-refractivity contribution is -0.116. The minimum atomic E-state index is -3.46. The Hall–Kier alpha value is -1.16. The first-order chi connectivity index (χ1) is 8.42. The van der Waals surface area contributed by atoms with Crippen LogP contribution in [-0.4, -0.2) is 20.0 Å². The number of benzene rings is 1. The number of carbonyl (C=O) groups is 1. The van der Waals surface area contributed by atoms with Crippen molar-refractivity contribution in [2.45, 2.75) is 38.0 Å². The Labute approximate surface area is 109 Å². The summed E-state index contributed by atoms with van der Waals surface area (Å²) in [6, 6.07) is 8.13. The van der Waals surface area contributed by atoms with Gasteiger partial charge in [-0.2, -0.15) is 0 Å². The molecule has 0 saturated carbocycles. The van der Waals surface area contributed by atoms with E-state index in [0.717, 1.165) is 12.8 Å². The number of carbonyl (C=O) groups excluding carboxylic acids is 1. The number of hydrogen-bond donors (Lipinski definition) is 0. The van der Waals surface area contributed by atoms with Crippen molar-refractivity contribution < 1.29 is 13.2 Å². The maximum atomic E-state index is 11.9. The van der Waals surface area contributed by atoms with Crippen molar-refractivity contribution >= 4 is 15.6 Å². The monoisotopic (exact) mass is 268 g/mol. The minimum Gasteiger partial charge on any atom is -0.299 e. The lowest BCUT2D eigenvalue weighted by atomic mass is 10.1. The van der Waals surface area contributed by atoms with Gasteiger partial charge in [-0.1, -0.05) is 38.5 Å². The van der Waals surface area contributed by atoms with Crippen LogP contribution in [0.25, 0.3) is 0 Å². The number of ketones is 1. The lowest BCUT2D eigenvalue weighted by Gasteiger charge is -2.05. The molecule has 0 atom stereocenters. The van der Waals surface area contributed by atoms with Crippen molar-refractivity contribution in [3.8, 4) is 0 Å². The van der Waals surface area contributed by atoms with Crippen molar-refractivity contribution in [2.75, 3.05) is 5.75 Å². The van der Waals surface area contributed by atoms with E-state index in [1.807, 2.05) is 0 Å². The minimum absolute atomic E-state index is 0.195. The van der Waals surface area contributed by atoms with Gasteiger partial charge in [0.15, 0.2) is 9.84 Å². The molecule has 1 rings (SSSR count). The van der Waals surface area contributed by atoms with E-state index in [1.54, 1.807) is 18.2 Å². The van der Waals surface area contributed by atoms with E-state index in [9.17, 15) is 13.2 Å². The van der Waals surface area contributed by atoms with Crippen molar-refractivity contribution in [3.63, 3.8) is 0 Å². The topological polar surface area (TPSA) is 51.2 Å². The van der Waals surface area contributed by atoms with Crippen LogP contribution < -0.4 is 0 Å². The van der Waals surface area contributed by atoms with Crippen molar-refractivity contribution in [1.82, 2.24) is 0 Å². The van der Waals surface area contributed by atoms with Crippen LogP contribution in [0.2, 0.25) is 0 Å². The molecule has 3 nitrogen and oxygen atoms in total. The smallest absolute Gasteiger partial charge is 0.185 e. The van der Waals surface area contributed by atoms with Gasteiger partial charge < -0.3 is 0 Å². The highest BCUT2D eigenvalue weighted by Crippen LogP contribution is 2.12. The van der Waals surface area contributed by atoms with E-state index in [0.29, 0.717) is 12.3 Å². The summed E-state index contributed by atoms with van der Waals surface area (Å²) in [5.74, 6) is -0.0298. The van der Waals surface area contributed by atoms with Crippen molar-refractivity contribution in [3.05, 3.63) is 30.3 Å². The molecule has 0 bridgehead atoms. The van der Waals surface area contributed by atoms with Crippen molar-refractivity contribution in [1.29, 1.82) is 0 Å². The first-order valence-electron chi connectivity index (χ1n) is 6.21. The van der Waals surface area contributed by atoms with Gasteiger partial charge in [0, 0.05) is 6.42 Å². The molecule has 0 amide bonds. The van der Waals surface area contributed by atoms with Crippen LogP contribution in [-0.2, 0) is 14.6 Å². The molecule has 4 heteroatoms. The van der Waals surface area contributed by atoms with Gasteiger partial charge in [0.25, 0.3) is 0 Å². The highest BCUT2D eigenvalue weighted by atomic mass is 32.2. The van der Waals surface area contributed by atoms with Crippen LogP contribution in [0.1, 0.15) is 33.1 Å². The molecule has 0 fully saturated rings. The zero-order valence-electron chi connectivity index (χ0n) is 10.9. The van der Waals surface area contributed by atoms with E-state index < -0.39 is 9.84 Å². The van der Waals surface area contributed by atoms with Gasteiger partial charge in [-0.15, -0.1) is 0 Å². The molecule has 0 aliphatic heterocycles. The summed E-state index contributed by atoms with van der Waals surface area (Å²) in [6.45, 7) is 4.18. The molecule has 0 aliphatic rings. The van der Waals surface area contributed by atoms with Crippen LogP contribution in [0.3, 0.4) is 0 Å². The number of rotatable bonds is 7. The quantitative estimate of drug-likeness (QED) is 0.764. The third-order valence-electron chi connectivity index (χ3n) is 2.69. The van der Waals surface area contributed by atoms with Crippen LogP contribution >= 0.6 is 0 Å². The number of hydrogen-bond acceptors (Lipinski definition) is 3. The zero-order valence-corrected chi connectivity index (χ0v) is 11.7. The average molecular weight is 268 g/mol. The Balaban J connectivity index is 2.54. The average Bonchev–Trinajstić information content (AvgIpc) is 2.29. The SMILES string of the molecule is CC(C)CCCC(=O)CS(=O)(=O)c1ccccc1. The van der Waals surface area contributed by atoms with Gasteiger partial charge in [0.1, 0.15) is 11.5 Å². The summed E-state index contributed by atoms with van der Waals surface area (Å²) >= 11 is 0. The second-order valence-corrected chi connectivity index (χ2v) is 6.89. The molecule has 0 saturated heterocycles. The molecule has 0 unspecified atom stereocenters. The van der Waals surface area contributed by atoms with E-state index in [4.69, 9.17) is 0 Å². The second kappa shape index (κ2) is 6.69. The molecule has 1 aromatic carbocycles. The van der Waals surface area contributed by atoms with E-state index >= 15 is 0 Å². The Kier molecular flexibility index (Phi) is 5.54. The maximum Gasteiger partial charge on any atom is 0.185 e. The molecule has 0 heterocycles. The number of Topliss-reactive ketones (excluding diaryl/α,β-unsaturated/α-hetero) is 1. The Morgan fingerprint density at radius 2 is 1.78 bits per heavy atom. The van der Waals surface area contributed by atoms with Crippen molar-refractivity contribution in [2.24, 2.45) is 5.92 Å². The van der Waals surface area contributed by atoms with Gasteiger partial charge >= 0.3 is 0 Å². The summed E-state index contributed by atoms with van der Waals surface area (Å²) in [5.41, 5.74) is 0. The van der Waals surface area contributed by atoms with Crippen LogP contribution in [0.5, 0.6) is 0 Å². The van der Waals surface area contributed by atoms with E-state index in [-0.39, 0.29) is 16.4 Å². The summed E-state index contributed by atoms with van der Waals surface area (Å²) in [7, 11) is -3.46. The Morgan fingerprint density at radius 1 is 1.17 bits per heavy atom. The molecular weight excluding hydrogens is 248 g/mol. The van der Waals surface area contributed by atoms with Crippen LogP contribution in [0.4, 0.5) is 0 Å². The molecule has 0 aromatic heterocycles. The molecular formula is C14H20O3S. The zero-order chi connectivity index (χ0) is 13.6. The maximum absolute atomic E-state index is 11.9. The Morgan fingerprint density at radius 3 is 2.33 bits per heavy atom. The predicted octanol–water partition coefficient (Wildman–Crippen LogP) is 2.86. The number of sulfone groups is 1. The van der Waals surface area contributed by atoms with Crippen LogP contribution in [0, 0.1) is 5.92 Å². The molecule has 1 aromatic rings. The fourth-order valence-corrected chi connectivity index (χ4v) is 3.01. The third-order valence-corrected chi connectivity index (χ3v) is 4.38. The molecule has 18 heavy (non-hydrogen) atoms. The highest BCUT2D eigenvalue weighted by molar-refractivity contribution is 7.92. The molecule has 0 radical (unpaired) electrons. The molecule has 100 valence electrons. The summed E-state index contributed by atoms with van der Waals surface area (Å²) in [6.07, 6.45) is 2.07. The Bertz CT molecular complexity index is 475. The standard InChI is InChI=1S/C14H20O3S/c1-12(2)7-6-8-13(15)11-18(16,17)14-9-4-3-5-10-14/h3-5,9-10,12H,6-8,11H2,1-2H3. The van der Waals surface area contributed by atoms with Gasteiger partial charge in [0.05, 0.1) is 4.90 Å². The van der Waals surface area contributed by atoms with Crippen LogP contribution in [0.15, 0.2) is 35.2 Å². The summed E-state index contributed by atoms with van der Waals surface area (Å²) in [4.78, 5) is 11.9. The van der Waals surface area contributed by atoms with E-state index in [2.05, 4.69) is 13.8 Å². The van der Waals surface area contributed by atoms with Gasteiger partial charge in [-0.25, -0.2) is 8.42 Å². The van der Waals surface area contributed by atoms with Gasteiger partial charge in [0.2, 0.25) is 0 Å². The normalized spacial score (nSPS) is 11.7. The first-order valence-corrected chi connectivity index (χ1v) is 7.86. The van der Waals surface area contributed by atoms with E-state index in [1.165, 1.54) is 12.1 Å². The summed E-state index contributed by atoms with van der Waals surface area (Å²) < 4.78 is 23.8. The van der Waals surface area contributed by atoms with Gasteiger partial charge in [-0.05, 0) is 24.5 Å². The molecule has 0 N–H and O–H groups in total. The lowest BCUT2D eigenvalue weighted by Crippen LogP contribution is -2.16. The summed E-state index contributed by atoms with van der Waals surface area (Å²) in [5, 5.41) is 0. The highest BCUT2D eigenvalue weighted by Gasteiger charge is 2.18. The third kappa shape index (κ3) is 5.00. The molecule has 0 aliphatic carbocycles. The predicted molar refractivity (Wildman–Crippen MR) is 72.2 cm³/mol. The van der Waals surface area contributed by atoms with Gasteiger partial charge in [-0.3, -0.25) is 4.79 Å². The fourth-order valence-electron chi connectivity index (χ4n) is 1.70. The first kappa shape index (κ1) is 14.9. The second-order valence-electron chi connectivity index (χ2n) is 4.90. The molecule has 0 spiro atoms. The largest absolute Gasteiger partial charge is 0.299 e.